The molecule has 1 fully saturated rings. The molecule has 0 spiro atoms. The van der Waals surface area contributed by atoms with Crippen LogP contribution in [0.3, 0.4) is 0 Å². The van der Waals surface area contributed by atoms with Crippen molar-refractivity contribution in [1.29, 1.82) is 0 Å². The van der Waals surface area contributed by atoms with Gasteiger partial charge in [-0.25, -0.2) is 0 Å². The van der Waals surface area contributed by atoms with E-state index in [2.05, 4.69) is 0 Å². The average Bonchev–Trinajstić information content (AvgIpc) is 2.85. The molecule has 1 aliphatic carbocycles. The summed E-state index contributed by atoms with van der Waals surface area (Å²) in [6, 6.07) is -0.297. The number of carbonyl (C=O) groups is 1. The fraction of sp³-hybridized carbons (Fsp3) is 0.889. The normalized spacial score (nSPS) is 18.9. The van der Waals surface area contributed by atoms with Crippen LogP contribution < -0.4 is 5.73 Å². The Balaban J connectivity index is 2.28. The molecular weight excluding hydrogens is 152 g/mol. The van der Waals surface area contributed by atoms with Crippen molar-refractivity contribution in [1.82, 2.24) is 4.90 Å². The minimum Gasteiger partial charge on any atom is -0.344 e. The molecule has 0 aromatic rings. The van der Waals surface area contributed by atoms with Crippen LogP contribution in [0.2, 0.25) is 0 Å². The molecule has 0 radical (unpaired) electrons. The average molecular weight is 170 g/mol. The van der Waals surface area contributed by atoms with Crippen LogP contribution >= 0.6 is 0 Å². The van der Waals surface area contributed by atoms with Crippen LogP contribution in [-0.2, 0) is 4.79 Å². The molecule has 1 atom stereocenters. The SMILES string of the molecule is CCC(N)C(=O)N(C)CC1CC1. The molecule has 2 N–H and O–H groups in total. The third kappa shape index (κ3) is 2.48. The second-order valence-corrected chi connectivity index (χ2v) is 3.68. The molecule has 0 aromatic carbocycles. The van der Waals surface area contributed by atoms with Crippen LogP contribution in [0.15, 0.2) is 0 Å². The van der Waals surface area contributed by atoms with Gasteiger partial charge in [0.1, 0.15) is 0 Å². The van der Waals surface area contributed by atoms with Crippen LogP contribution in [0.5, 0.6) is 0 Å². The van der Waals surface area contributed by atoms with Gasteiger partial charge >= 0.3 is 0 Å². The summed E-state index contributed by atoms with van der Waals surface area (Å²) < 4.78 is 0. The molecule has 1 rings (SSSR count). The predicted molar refractivity (Wildman–Crippen MR) is 48.6 cm³/mol. The van der Waals surface area contributed by atoms with E-state index in [9.17, 15) is 4.79 Å². The Bertz CT molecular complexity index is 166. The highest BCUT2D eigenvalue weighted by Gasteiger charge is 2.26. The van der Waals surface area contributed by atoms with E-state index in [4.69, 9.17) is 5.73 Å². The zero-order valence-corrected chi connectivity index (χ0v) is 7.92. The molecule has 0 bridgehead atoms. The fourth-order valence-electron chi connectivity index (χ4n) is 1.24. The van der Waals surface area contributed by atoms with E-state index in [-0.39, 0.29) is 11.9 Å². The minimum atomic E-state index is -0.297. The van der Waals surface area contributed by atoms with Gasteiger partial charge in [-0.15, -0.1) is 0 Å². The molecule has 0 aromatic heterocycles. The Labute approximate surface area is 73.9 Å². The third-order valence-electron chi connectivity index (χ3n) is 2.36. The van der Waals surface area contributed by atoms with Gasteiger partial charge in [0.15, 0.2) is 0 Å². The minimum absolute atomic E-state index is 0.0874. The van der Waals surface area contributed by atoms with E-state index < -0.39 is 0 Å². The van der Waals surface area contributed by atoms with Gasteiger partial charge < -0.3 is 10.6 Å². The Kier molecular flexibility index (Phi) is 3.09. The van der Waals surface area contributed by atoms with Gasteiger partial charge in [0.25, 0.3) is 0 Å². The maximum atomic E-state index is 11.4. The second-order valence-electron chi connectivity index (χ2n) is 3.68. The predicted octanol–water partition coefficient (Wildman–Crippen LogP) is 0.592. The van der Waals surface area contributed by atoms with E-state index in [1.165, 1.54) is 12.8 Å². The van der Waals surface area contributed by atoms with E-state index in [1.54, 1.807) is 4.90 Å². The third-order valence-corrected chi connectivity index (χ3v) is 2.36. The summed E-state index contributed by atoms with van der Waals surface area (Å²) in [4.78, 5) is 13.2. The maximum Gasteiger partial charge on any atom is 0.239 e. The van der Waals surface area contributed by atoms with Gasteiger partial charge in [0.2, 0.25) is 5.91 Å². The molecular formula is C9H18N2O. The molecule has 0 saturated heterocycles. The first kappa shape index (κ1) is 9.52. The van der Waals surface area contributed by atoms with Gasteiger partial charge in [-0.2, -0.15) is 0 Å². The van der Waals surface area contributed by atoms with Gasteiger partial charge in [0, 0.05) is 13.6 Å². The highest BCUT2D eigenvalue weighted by molar-refractivity contribution is 5.81. The topological polar surface area (TPSA) is 46.3 Å². The number of nitrogens with two attached hydrogens (primary N) is 1. The number of carbonyl (C=O) groups excluding carboxylic acids is 1. The number of hydrogen-bond donors (Lipinski definition) is 1. The molecule has 1 unspecified atom stereocenters. The molecule has 1 amide bonds. The van der Waals surface area contributed by atoms with Crippen molar-refractivity contribution in [2.24, 2.45) is 11.7 Å². The quantitative estimate of drug-likeness (QED) is 0.671. The summed E-state index contributed by atoms with van der Waals surface area (Å²) >= 11 is 0. The van der Waals surface area contributed by atoms with E-state index >= 15 is 0 Å². The highest BCUT2D eigenvalue weighted by Crippen LogP contribution is 2.29. The van der Waals surface area contributed by atoms with E-state index in [1.807, 2.05) is 14.0 Å². The van der Waals surface area contributed by atoms with Crippen molar-refractivity contribution >= 4 is 5.91 Å². The number of nitrogens with zero attached hydrogens (tertiary/aromatic N) is 1. The zero-order chi connectivity index (χ0) is 9.14. The van der Waals surface area contributed by atoms with Crippen LogP contribution in [-0.4, -0.2) is 30.4 Å². The van der Waals surface area contributed by atoms with Crippen molar-refractivity contribution in [2.75, 3.05) is 13.6 Å². The van der Waals surface area contributed by atoms with Crippen LogP contribution in [0, 0.1) is 5.92 Å². The lowest BCUT2D eigenvalue weighted by Crippen LogP contribution is -2.42. The van der Waals surface area contributed by atoms with Gasteiger partial charge in [-0.1, -0.05) is 6.92 Å². The summed E-state index contributed by atoms with van der Waals surface area (Å²) in [5.74, 6) is 0.840. The Morgan fingerprint density at radius 2 is 2.25 bits per heavy atom. The van der Waals surface area contributed by atoms with Gasteiger partial charge in [-0.05, 0) is 25.2 Å². The largest absolute Gasteiger partial charge is 0.344 e. The second kappa shape index (κ2) is 3.90. The Morgan fingerprint density at radius 3 is 2.67 bits per heavy atom. The maximum absolute atomic E-state index is 11.4. The Morgan fingerprint density at radius 1 is 1.67 bits per heavy atom. The summed E-state index contributed by atoms with van der Waals surface area (Å²) in [6.07, 6.45) is 3.28. The van der Waals surface area contributed by atoms with Crippen LogP contribution in [0.25, 0.3) is 0 Å². The van der Waals surface area contributed by atoms with Crippen molar-refractivity contribution in [3.63, 3.8) is 0 Å². The molecule has 0 heterocycles. The first-order valence-corrected chi connectivity index (χ1v) is 4.65. The first-order chi connectivity index (χ1) is 5.65. The standard InChI is InChI=1S/C9H18N2O/c1-3-8(10)9(12)11(2)6-7-4-5-7/h7-8H,3-6,10H2,1-2H3. The molecule has 1 saturated carbocycles. The van der Waals surface area contributed by atoms with Crippen molar-refractivity contribution < 1.29 is 4.79 Å². The Hall–Kier alpha value is -0.570. The van der Waals surface area contributed by atoms with E-state index in [0.717, 1.165) is 18.9 Å². The molecule has 70 valence electrons. The lowest BCUT2D eigenvalue weighted by molar-refractivity contribution is -0.131. The summed E-state index contributed by atoms with van der Waals surface area (Å²) in [5.41, 5.74) is 5.62. The number of hydrogen-bond acceptors (Lipinski definition) is 2. The van der Waals surface area contributed by atoms with Crippen molar-refractivity contribution in [2.45, 2.75) is 32.2 Å². The molecule has 12 heavy (non-hydrogen) atoms. The number of likely N-dealkylation sites (N-methyl/N-ethyl adjacent to an activating group) is 1. The number of rotatable bonds is 4. The van der Waals surface area contributed by atoms with Crippen molar-refractivity contribution in [3.8, 4) is 0 Å². The smallest absolute Gasteiger partial charge is 0.239 e. The zero-order valence-electron chi connectivity index (χ0n) is 7.92. The molecule has 0 aliphatic heterocycles. The number of amides is 1. The summed E-state index contributed by atoms with van der Waals surface area (Å²) in [6.45, 7) is 2.83. The monoisotopic (exact) mass is 170 g/mol. The highest BCUT2D eigenvalue weighted by atomic mass is 16.2. The molecule has 1 aliphatic rings. The van der Waals surface area contributed by atoms with Crippen LogP contribution in [0.4, 0.5) is 0 Å². The molecule has 3 nitrogen and oxygen atoms in total. The summed E-state index contributed by atoms with van der Waals surface area (Å²) in [7, 11) is 1.84. The molecule has 3 heteroatoms. The lowest BCUT2D eigenvalue weighted by Gasteiger charge is -2.20. The van der Waals surface area contributed by atoms with Crippen LogP contribution in [0.1, 0.15) is 26.2 Å². The first-order valence-electron chi connectivity index (χ1n) is 4.65. The van der Waals surface area contributed by atoms with E-state index in [0.29, 0.717) is 0 Å². The van der Waals surface area contributed by atoms with Gasteiger partial charge in [-0.3, -0.25) is 4.79 Å². The van der Waals surface area contributed by atoms with Gasteiger partial charge in [0.05, 0.1) is 6.04 Å². The van der Waals surface area contributed by atoms with Crippen molar-refractivity contribution in [3.05, 3.63) is 0 Å². The fourth-order valence-corrected chi connectivity index (χ4v) is 1.24. The summed E-state index contributed by atoms with van der Waals surface area (Å²) in [5, 5.41) is 0. The lowest BCUT2D eigenvalue weighted by atomic mass is 10.2.